The highest BCUT2D eigenvalue weighted by molar-refractivity contribution is 5.78. The van der Waals surface area contributed by atoms with Crippen LogP contribution in [0.1, 0.15) is 37.7 Å². The lowest BCUT2D eigenvalue weighted by atomic mass is 9.97. The summed E-state index contributed by atoms with van der Waals surface area (Å²) in [5.74, 6) is 2.13. The zero-order chi connectivity index (χ0) is 20.6. The second-order valence-electron chi connectivity index (χ2n) is 7.50. The molecule has 4 rings (SSSR count). The topological polar surface area (TPSA) is 80.0 Å². The molecule has 0 spiro atoms. The largest absolute Gasteiger partial charge is 0.393 e. The van der Waals surface area contributed by atoms with E-state index in [1.807, 2.05) is 41.3 Å². The Balaban J connectivity index is 1.56. The van der Waals surface area contributed by atoms with Crippen LogP contribution in [0, 0.1) is 0 Å². The molecule has 1 aliphatic rings. The first-order chi connectivity index (χ1) is 14.8. The molecule has 0 saturated heterocycles. The van der Waals surface area contributed by atoms with Gasteiger partial charge >= 0.3 is 0 Å². The predicted molar refractivity (Wildman–Crippen MR) is 123 cm³/mol. The smallest absolute Gasteiger partial charge is 0.163 e. The third-order valence-corrected chi connectivity index (χ3v) is 5.35. The van der Waals surface area contributed by atoms with Crippen LogP contribution in [0.2, 0.25) is 0 Å². The van der Waals surface area contributed by atoms with E-state index in [4.69, 9.17) is 5.73 Å². The summed E-state index contributed by atoms with van der Waals surface area (Å²) in [6.45, 7) is 1.43. The highest BCUT2D eigenvalue weighted by atomic mass is 15.3. The number of hydrogen-bond acceptors (Lipinski definition) is 6. The number of anilines is 4. The van der Waals surface area contributed by atoms with Crippen LogP contribution in [0.5, 0.6) is 0 Å². The number of aromatic nitrogens is 3. The van der Waals surface area contributed by atoms with Crippen molar-refractivity contribution in [3.8, 4) is 0 Å². The molecule has 0 unspecified atom stereocenters. The number of allylic oxidation sites excluding steroid dienone is 1. The van der Waals surface area contributed by atoms with Crippen LogP contribution in [0.15, 0.2) is 72.7 Å². The molecule has 2 aromatic heterocycles. The molecule has 0 radical (unpaired) electrons. The monoisotopic (exact) mass is 400 g/mol. The zero-order valence-corrected chi connectivity index (χ0v) is 17.2. The first-order valence-corrected chi connectivity index (χ1v) is 10.6. The number of nitrogens with one attached hydrogen (secondary N) is 1. The maximum absolute atomic E-state index is 6.52. The Bertz CT molecular complexity index is 972. The molecule has 6 nitrogen and oxygen atoms in total. The fraction of sp³-hybridized carbons (Fsp3) is 0.292. The minimum absolute atomic E-state index is 0.539. The summed E-state index contributed by atoms with van der Waals surface area (Å²) in [4.78, 5) is 15.5. The molecular weight excluding hydrogens is 372 g/mol. The van der Waals surface area contributed by atoms with E-state index in [1.165, 1.54) is 31.3 Å². The molecule has 0 bridgehead atoms. The summed E-state index contributed by atoms with van der Waals surface area (Å²) in [5.41, 5.74) is 9.74. The second kappa shape index (κ2) is 9.87. The van der Waals surface area contributed by atoms with Crippen LogP contribution in [0.4, 0.5) is 23.1 Å². The van der Waals surface area contributed by atoms with Gasteiger partial charge in [0, 0.05) is 12.7 Å². The van der Waals surface area contributed by atoms with E-state index in [1.54, 1.807) is 12.5 Å². The van der Waals surface area contributed by atoms with Crippen LogP contribution in [0.3, 0.4) is 0 Å². The van der Waals surface area contributed by atoms with Gasteiger partial charge in [0.05, 0.1) is 6.54 Å². The normalized spacial score (nSPS) is 13.5. The number of nitrogens with zero attached hydrogens (tertiary/aromatic N) is 4. The highest BCUT2D eigenvalue weighted by Crippen LogP contribution is 2.32. The van der Waals surface area contributed by atoms with Gasteiger partial charge in [-0.2, -0.15) is 0 Å². The number of pyridine rings is 1. The van der Waals surface area contributed by atoms with E-state index in [9.17, 15) is 0 Å². The summed E-state index contributed by atoms with van der Waals surface area (Å²) in [6, 6.07) is 16.1. The number of hydrogen-bond donors (Lipinski definition) is 2. The first-order valence-electron chi connectivity index (χ1n) is 10.6. The fourth-order valence-electron chi connectivity index (χ4n) is 3.76. The minimum Gasteiger partial charge on any atom is -0.393 e. The van der Waals surface area contributed by atoms with Crippen LogP contribution >= 0.6 is 0 Å². The summed E-state index contributed by atoms with van der Waals surface area (Å²) in [5, 5.41) is 3.41. The first kappa shape index (κ1) is 19.9. The zero-order valence-electron chi connectivity index (χ0n) is 17.2. The average molecular weight is 401 g/mol. The Morgan fingerprint density at radius 2 is 1.83 bits per heavy atom. The van der Waals surface area contributed by atoms with Gasteiger partial charge in [-0.15, -0.1) is 0 Å². The molecule has 154 valence electrons. The van der Waals surface area contributed by atoms with E-state index in [0.29, 0.717) is 23.9 Å². The molecule has 0 amide bonds. The predicted octanol–water partition coefficient (Wildman–Crippen LogP) is 5.09. The Kier molecular flexibility index (Phi) is 6.54. The van der Waals surface area contributed by atoms with Gasteiger partial charge in [-0.3, -0.25) is 0 Å². The van der Waals surface area contributed by atoms with Crippen molar-refractivity contribution in [2.45, 2.75) is 38.6 Å². The van der Waals surface area contributed by atoms with Crippen molar-refractivity contribution in [1.29, 1.82) is 0 Å². The molecule has 6 heteroatoms. The van der Waals surface area contributed by atoms with Gasteiger partial charge in [-0.25, -0.2) is 15.0 Å². The molecule has 0 fully saturated rings. The van der Waals surface area contributed by atoms with Gasteiger partial charge < -0.3 is 16.0 Å². The molecule has 0 saturated carbocycles. The maximum atomic E-state index is 6.52. The van der Waals surface area contributed by atoms with Crippen molar-refractivity contribution in [1.82, 2.24) is 15.0 Å². The highest BCUT2D eigenvalue weighted by Gasteiger charge is 2.18. The molecule has 1 aromatic carbocycles. The summed E-state index contributed by atoms with van der Waals surface area (Å²) >= 11 is 0. The van der Waals surface area contributed by atoms with E-state index in [0.717, 1.165) is 24.3 Å². The molecule has 1 aliphatic carbocycles. The standard InChI is InChI=1S/C24H28N6/c25-22-23(27-16-14-19-9-3-1-4-10-19)28-18-29-24(22)30(21-13-7-8-15-26-21)17-20-11-5-2-6-12-20/h2,5-9,11-13,15,18H,1,3-4,10,14,16-17,25H2,(H,27,28,29). The van der Waals surface area contributed by atoms with Crippen LogP contribution in [-0.4, -0.2) is 21.5 Å². The van der Waals surface area contributed by atoms with Crippen molar-refractivity contribution in [3.63, 3.8) is 0 Å². The van der Waals surface area contributed by atoms with Crippen molar-refractivity contribution < 1.29 is 0 Å². The van der Waals surface area contributed by atoms with Gasteiger partial charge in [0.15, 0.2) is 11.6 Å². The Morgan fingerprint density at radius 1 is 0.967 bits per heavy atom. The molecule has 2 heterocycles. The van der Waals surface area contributed by atoms with E-state index >= 15 is 0 Å². The van der Waals surface area contributed by atoms with Crippen molar-refractivity contribution in [2.75, 3.05) is 22.5 Å². The molecule has 0 atom stereocenters. The molecule has 3 N–H and O–H groups in total. The van der Waals surface area contributed by atoms with E-state index in [2.05, 4.69) is 38.5 Å². The second-order valence-corrected chi connectivity index (χ2v) is 7.50. The lowest BCUT2D eigenvalue weighted by molar-refractivity contribution is 0.679. The Labute approximate surface area is 177 Å². The average Bonchev–Trinajstić information content (AvgIpc) is 2.81. The van der Waals surface area contributed by atoms with Gasteiger partial charge in [0.2, 0.25) is 0 Å². The van der Waals surface area contributed by atoms with E-state index < -0.39 is 0 Å². The summed E-state index contributed by atoms with van der Waals surface area (Å²) in [6.07, 6.45) is 11.8. The van der Waals surface area contributed by atoms with Gasteiger partial charge in [-0.05, 0) is 49.8 Å². The maximum Gasteiger partial charge on any atom is 0.163 e. The van der Waals surface area contributed by atoms with Gasteiger partial charge in [-0.1, -0.05) is 48.0 Å². The van der Waals surface area contributed by atoms with E-state index in [-0.39, 0.29) is 0 Å². The lowest BCUT2D eigenvalue weighted by Gasteiger charge is -2.25. The number of benzene rings is 1. The van der Waals surface area contributed by atoms with Crippen molar-refractivity contribution in [3.05, 3.63) is 78.3 Å². The van der Waals surface area contributed by atoms with Crippen molar-refractivity contribution in [2.24, 2.45) is 0 Å². The summed E-state index contributed by atoms with van der Waals surface area (Å²) in [7, 11) is 0. The number of nitrogen functional groups attached to an aromatic ring is 1. The Hall–Kier alpha value is -3.41. The fourth-order valence-corrected chi connectivity index (χ4v) is 3.76. The summed E-state index contributed by atoms with van der Waals surface area (Å²) < 4.78 is 0. The van der Waals surface area contributed by atoms with Crippen LogP contribution in [-0.2, 0) is 6.54 Å². The molecular formula is C24H28N6. The quantitative estimate of drug-likeness (QED) is 0.513. The molecule has 0 aliphatic heterocycles. The van der Waals surface area contributed by atoms with Crippen LogP contribution < -0.4 is 16.0 Å². The minimum atomic E-state index is 0.539. The molecule has 30 heavy (non-hydrogen) atoms. The van der Waals surface area contributed by atoms with Gasteiger partial charge in [0.1, 0.15) is 17.8 Å². The molecule has 3 aromatic rings. The Morgan fingerprint density at radius 3 is 2.60 bits per heavy atom. The van der Waals surface area contributed by atoms with Crippen molar-refractivity contribution >= 4 is 23.1 Å². The SMILES string of the molecule is Nc1c(NCCC2=CCCCC2)ncnc1N(Cc1ccccc1)c1ccccn1. The lowest BCUT2D eigenvalue weighted by Crippen LogP contribution is -2.21. The number of nitrogens with two attached hydrogens (primary N) is 1. The third-order valence-electron chi connectivity index (χ3n) is 5.35. The number of rotatable bonds is 8. The third kappa shape index (κ3) is 4.95. The van der Waals surface area contributed by atoms with Crippen LogP contribution in [0.25, 0.3) is 0 Å². The van der Waals surface area contributed by atoms with Gasteiger partial charge in [0.25, 0.3) is 0 Å².